The van der Waals surface area contributed by atoms with Gasteiger partial charge in [0.2, 0.25) is 11.7 Å². The summed E-state index contributed by atoms with van der Waals surface area (Å²) in [5.74, 6) is -1.49. The maximum absolute atomic E-state index is 14.1. The van der Waals surface area contributed by atoms with Gasteiger partial charge >= 0.3 is 5.69 Å². The van der Waals surface area contributed by atoms with Crippen LogP contribution >= 0.6 is 0 Å². The van der Waals surface area contributed by atoms with Crippen LogP contribution in [-0.2, 0) is 22.5 Å². The van der Waals surface area contributed by atoms with Crippen molar-refractivity contribution in [3.8, 4) is 0 Å². The first kappa shape index (κ1) is 16.7. The Morgan fingerprint density at radius 3 is 2.85 bits per heavy atom. The molecule has 2 aliphatic rings. The summed E-state index contributed by atoms with van der Waals surface area (Å²) in [6.07, 6.45) is 2.28. The van der Waals surface area contributed by atoms with Crippen LogP contribution < -0.4 is 16.1 Å². The Bertz CT molecular complexity index is 975. The number of carbonyl (C=O) groups is 1. The Balaban J connectivity index is 1.67. The topological polar surface area (TPSA) is 73.5 Å². The monoisotopic (exact) mass is 359 g/mol. The van der Waals surface area contributed by atoms with E-state index in [1.807, 2.05) is 24.3 Å². The van der Waals surface area contributed by atoms with Crippen molar-refractivity contribution in [3.05, 3.63) is 62.7 Å². The van der Waals surface area contributed by atoms with E-state index in [0.717, 1.165) is 28.4 Å². The molecule has 1 aromatic heterocycles. The van der Waals surface area contributed by atoms with Crippen LogP contribution in [0.3, 0.4) is 0 Å². The van der Waals surface area contributed by atoms with E-state index in [9.17, 15) is 18.8 Å². The molecule has 4 rings (SSSR count). The van der Waals surface area contributed by atoms with Crippen LogP contribution in [0.5, 0.6) is 0 Å². The van der Waals surface area contributed by atoms with Crippen molar-refractivity contribution in [2.75, 3.05) is 18.1 Å². The predicted octanol–water partition coefficient (Wildman–Crippen LogP) is 1.05. The summed E-state index contributed by atoms with van der Waals surface area (Å²) in [6.45, 7) is 0.444. The highest BCUT2D eigenvalue weighted by molar-refractivity contribution is 5.95. The minimum atomic E-state index is -1.09. The first-order valence-electron chi connectivity index (χ1n) is 8.57. The number of para-hydroxylation sites is 1. The number of rotatable bonds is 3. The highest BCUT2D eigenvalue weighted by atomic mass is 19.1. The van der Waals surface area contributed by atoms with E-state index in [1.54, 1.807) is 0 Å². The summed E-state index contributed by atoms with van der Waals surface area (Å²) in [5, 5.41) is 0. The number of fused-ring (bicyclic) bond motifs is 1. The Morgan fingerprint density at radius 1 is 1.27 bits per heavy atom. The molecule has 0 N–H and O–H groups in total. The third-order valence-electron chi connectivity index (χ3n) is 4.85. The third-order valence-corrected chi connectivity index (χ3v) is 4.85. The Hall–Kier alpha value is -2.74. The molecule has 26 heavy (non-hydrogen) atoms. The van der Waals surface area contributed by atoms with E-state index in [1.165, 1.54) is 4.90 Å². The lowest BCUT2D eigenvalue weighted by Crippen LogP contribution is -2.46. The minimum absolute atomic E-state index is 0.418. The second-order valence-corrected chi connectivity index (χ2v) is 6.45. The van der Waals surface area contributed by atoms with E-state index in [-0.39, 0.29) is 0 Å². The van der Waals surface area contributed by atoms with Crippen LogP contribution in [-0.4, -0.2) is 28.2 Å². The molecule has 2 aromatic rings. The third kappa shape index (κ3) is 2.76. The number of hydrogen-bond acceptors (Lipinski definition) is 4. The number of anilines is 1. The number of hydrogen-bond donors (Lipinski definition) is 0. The maximum Gasteiger partial charge on any atom is 0.333 e. The highest BCUT2D eigenvalue weighted by Crippen LogP contribution is 2.27. The molecule has 0 aliphatic carbocycles. The zero-order valence-electron chi connectivity index (χ0n) is 14.1. The molecule has 2 aliphatic heterocycles. The molecule has 7 nitrogen and oxygen atoms in total. The molecule has 8 heteroatoms. The summed E-state index contributed by atoms with van der Waals surface area (Å²) in [6, 6.07) is 7.47. The molecule has 1 amide bonds. The lowest BCUT2D eigenvalue weighted by molar-refractivity contribution is -0.119. The molecule has 0 radical (unpaired) electrons. The smallest absolute Gasteiger partial charge is 0.333 e. The van der Waals surface area contributed by atoms with E-state index >= 15 is 0 Å². The van der Waals surface area contributed by atoms with Crippen LogP contribution in [0.15, 0.2) is 40.1 Å². The largest absolute Gasteiger partial charge is 0.358 e. The van der Waals surface area contributed by atoms with Gasteiger partial charge in [-0.05, 0) is 30.9 Å². The first-order chi connectivity index (χ1) is 12.6. The van der Waals surface area contributed by atoms with E-state index < -0.39 is 35.7 Å². The summed E-state index contributed by atoms with van der Waals surface area (Å²) in [7, 11) is 0. The van der Waals surface area contributed by atoms with Crippen molar-refractivity contribution in [2.45, 2.75) is 32.0 Å². The lowest BCUT2D eigenvalue weighted by atomic mass is 10.2. The van der Waals surface area contributed by atoms with E-state index in [2.05, 4.69) is 0 Å². The average Bonchev–Trinajstić information content (AvgIpc) is 3.31. The van der Waals surface area contributed by atoms with Crippen LogP contribution in [0.1, 0.15) is 24.6 Å². The molecule has 0 spiro atoms. The number of nitrogens with zero attached hydrogens (tertiary/aromatic N) is 3. The molecule has 1 aromatic carbocycles. The summed E-state index contributed by atoms with van der Waals surface area (Å²) < 4.78 is 21.2. The molecule has 0 unspecified atom stereocenters. The molecule has 1 saturated heterocycles. The molecular formula is C18H18FN3O4. The van der Waals surface area contributed by atoms with Crippen molar-refractivity contribution in [1.29, 1.82) is 0 Å². The second-order valence-electron chi connectivity index (χ2n) is 6.45. The molecule has 1 atom stereocenters. The highest BCUT2D eigenvalue weighted by Gasteiger charge is 2.27. The van der Waals surface area contributed by atoms with Gasteiger partial charge in [-0.15, -0.1) is 0 Å². The fourth-order valence-corrected chi connectivity index (χ4v) is 3.53. The molecular weight excluding hydrogens is 341 g/mol. The van der Waals surface area contributed by atoms with Gasteiger partial charge < -0.3 is 9.64 Å². The zero-order valence-corrected chi connectivity index (χ0v) is 14.1. The SMILES string of the molecule is O=C(Cn1c(=O)c(F)cn([C@H]2CCCO2)c1=O)N1CCc2ccccc21. The molecule has 1 fully saturated rings. The summed E-state index contributed by atoms with van der Waals surface area (Å²) in [4.78, 5) is 39.0. The van der Waals surface area contributed by atoms with E-state index in [0.29, 0.717) is 30.6 Å². The van der Waals surface area contributed by atoms with Gasteiger partial charge in [-0.3, -0.25) is 14.2 Å². The Kier molecular flexibility index (Phi) is 4.20. The van der Waals surface area contributed by atoms with Crippen molar-refractivity contribution < 1.29 is 13.9 Å². The summed E-state index contributed by atoms with van der Waals surface area (Å²) in [5.41, 5.74) is -0.0279. The summed E-state index contributed by atoms with van der Waals surface area (Å²) >= 11 is 0. The van der Waals surface area contributed by atoms with Crippen LogP contribution in [0, 0.1) is 5.82 Å². The lowest BCUT2D eigenvalue weighted by Gasteiger charge is -2.19. The first-order valence-corrected chi connectivity index (χ1v) is 8.57. The van der Waals surface area contributed by atoms with Crippen molar-refractivity contribution in [2.24, 2.45) is 0 Å². The standard InChI is InChI=1S/C18H18FN3O4/c19-13-10-21(16-6-3-9-26-16)18(25)22(17(13)24)11-15(23)20-8-7-12-4-1-2-5-14(12)20/h1-2,4-5,10,16H,3,6-9,11H2/t16-/m1/s1. The molecule has 136 valence electrons. The maximum atomic E-state index is 14.1. The second kappa shape index (κ2) is 6.53. The molecule has 3 heterocycles. The van der Waals surface area contributed by atoms with Crippen molar-refractivity contribution in [1.82, 2.24) is 9.13 Å². The van der Waals surface area contributed by atoms with Gasteiger partial charge in [0.15, 0.2) is 0 Å². The number of amides is 1. The average molecular weight is 359 g/mol. The Labute approximate surface area is 148 Å². The number of halogens is 1. The van der Waals surface area contributed by atoms with E-state index in [4.69, 9.17) is 4.74 Å². The fraction of sp³-hybridized carbons (Fsp3) is 0.389. The van der Waals surface area contributed by atoms with Crippen molar-refractivity contribution in [3.63, 3.8) is 0 Å². The van der Waals surface area contributed by atoms with Crippen LogP contribution in [0.25, 0.3) is 0 Å². The van der Waals surface area contributed by atoms with Crippen molar-refractivity contribution >= 4 is 11.6 Å². The van der Waals surface area contributed by atoms with Crippen LogP contribution in [0.2, 0.25) is 0 Å². The quantitative estimate of drug-likeness (QED) is 0.821. The van der Waals surface area contributed by atoms with Gasteiger partial charge in [0.1, 0.15) is 12.8 Å². The predicted molar refractivity (Wildman–Crippen MR) is 91.6 cm³/mol. The number of benzene rings is 1. The van der Waals surface area contributed by atoms with Gasteiger partial charge in [0.05, 0.1) is 6.20 Å². The van der Waals surface area contributed by atoms with Gasteiger partial charge in [-0.1, -0.05) is 18.2 Å². The fourth-order valence-electron chi connectivity index (χ4n) is 3.53. The van der Waals surface area contributed by atoms with Crippen LogP contribution in [0.4, 0.5) is 10.1 Å². The molecule has 0 bridgehead atoms. The molecule has 0 saturated carbocycles. The number of aromatic nitrogens is 2. The number of carbonyl (C=O) groups excluding carboxylic acids is 1. The Morgan fingerprint density at radius 2 is 2.08 bits per heavy atom. The number of ether oxygens (including phenoxy) is 1. The zero-order chi connectivity index (χ0) is 18.3. The normalized spacial score (nSPS) is 19.0. The van der Waals surface area contributed by atoms with Gasteiger partial charge in [0.25, 0.3) is 5.56 Å². The van der Waals surface area contributed by atoms with Gasteiger partial charge in [-0.25, -0.2) is 9.36 Å². The van der Waals surface area contributed by atoms with Gasteiger partial charge in [-0.2, -0.15) is 4.39 Å². The minimum Gasteiger partial charge on any atom is -0.358 e. The van der Waals surface area contributed by atoms with Gasteiger partial charge in [0, 0.05) is 18.8 Å².